The molecule has 0 N–H and O–H groups in total. The van der Waals surface area contributed by atoms with Gasteiger partial charge in [0, 0.05) is 33.2 Å². The van der Waals surface area contributed by atoms with E-state index in [2.05, 4.69) is 23.1 Å². The number of likely N-dealkylation sites (tertiary alicyclic amines) is 1. The summed E-state index contributed by atoms with van der Waals surface area (Å²) in [6, 6.07) is 6.46. The summed E-state index contributed by atoms with van der Waals surface area (Å²) in [6.45, 7) is 6.29. The number of carbonyl (C=O) groups is 1. The van der Waals surface area contributed by atoms with Gasteiger partial charge in [-0.15, -0.1) is 0 Å². The van der Waals surface area contributed by atoms with Crippen molar-refractivity contribution in [1.82, 2.24) is 4.90 Å². The van der Waals surface area contributed by atoms with Gasteiger partial charge in [0.05, 0.1) is 18.6 Å². The highest BCUT2D eigenvalue weighted by atomic mass is 16.5. The fraction of sp³-hybridized carbons (Fsp3) is 0.650. The predicted octanol–water partition coefficient (Wildman–Crippen LogP) is 2.80. The first-order valence-electron chi connectivity index (χ1n) is 9.30. The van der Waals surface area contributed by atoms with E-state index < -0.39 is 5.41 Å². The normalized spacial score (nSPS) is 23.1. The van der Waals surface area contributed by atoms with Crippen molar-refractivity contribution in [2.45, 2.75) is 39.2 Å². The highest BCUT2D eigenvalue weighted by molar-refractivity contribution is 5.77. The third-order valence-electron chi connectivity index (χ3n) is 5.31. The third kappa shape index (κ3) is 4.15. The molecule has 0 spiro atoms. The van der Waals surface area contributed by atoms with Crippen LogP contribution in [0.3, 0.4) is 0 Å². The summed E-state index contributed by atoms with van der Waals surface area (Å²) in [5.41, 5.74) is 2.14. The maximum absolute atomic E-state index is 12.7. The quantitative estimate of drug-likeness (QED) is 0.710. The van der Waals surface area contributed by atoms with E-state index in [0.29, 0.717) is 13.2 Å². The number of esters is 1. The second kappa shape index (κ2) is 8.19. The average molecular weight is 347 g/mol. The Kier molecular flexibility index (Phi) is 5.97. The van der Waals surface area contributed by atoms with E-state index in [0.717, 1.165) is 57.7 Å². The summed E-state index contributed by atoms with van der Waals surface area (Å²) >= 11 is 0. The number of rotatable bonds is 7. The topological polar surface area (TPSA) is 48.0 Å². The lowest BCUT2D eigenvalue weighted by Crippen LogP contribution is -2.48. The van der Waals surface area contributed by atoms with Crippen molar-refractivity contribution < 1.29 is 19.0 Å². The molecule has 0 unspecified atom stereocenters. The van der Waals surface area contributed by atoms with Crippen LogP contribution in [0.5, 0.6) is 5.75 Å². The molecule has 1 atom stereocenters. The molecule has 2 aliphatic rings. The first kappa shape index (κ1) is 18.2. The van der Waals surface area contributed by atoms with Gasteiger partial charge in [0.1, 0.15) is 5.75 Å². The number of piperidine rings is 1. The summed E-state index contributed by atoms with van der Waals surface area (Å²) in [5.74, 6) is 0.947. The lowest BCUT2D eigenvalue weighted by molar-refractivity contribution is -0.160. The van der Waals surface area contributed by atoms with Crippen LogP contribution in [0.25, 0.3) is 0 Å². The second-order valence-electron chi connectivity index (χ2n) is 7.10. The fourth-order valence-corrected chi connectivity index (χ4v) is 4.01. The van der Waals surface area contributed by atoms with Gasteiger partial charge in [-0.05, 0) is 49.9 Å². The van der Waals surface area contributed by atoms with Crippen LogP contribution in [0.2, 0.25) is 0 Å². The molecule has 0 aliphatic carbocycles. The Hall–Kier alpha value is -1.59. The van der Waals surface area contributed by atoms with Gasteiger partial charge in [-0.1, -0.05) is 12.1 Å². The van der Waals surface area contributed by atoms with Crippen LogP contribution in [0.4, 0.5) is 0 Å². The molecule has 1 fully saturated rings. The summed E-state index contributed by atoms with van der Waals surface area (Å²) in [4.78, 5) is 15.0. The third-order valence-corrected chi connectivity index (χ3v) is 5.31. The van der Waals surface area contributed by atoms with Crippen molar-refractivity contribution >= 4 is 5.97 Å². The molecule has 2 heterocycles. The van der Waals surface area contributed by atoms with Crippen molar-refractivity contribution in [3.8, 4) is 5.75 Å². The lowest BCUT2D eigenvalue weighted by atomic mass is 9.77. The maximum Gasteiger partial charge on any atom is 0.313 e. The Bertz CT molecular complexity index is 603. The molecule has 0 saturated carbocycles. The highest BCUT2D eigenvalue weighted by Crippen LogP contribution is 2.36. The molecule has 0 bridgehead atoms. The van der Waals surface area contributed by atoms with Crippen LogP contribution >= 0.6 is 0 Å². The van der Waals surface area contributed by atoms with E-state index in [1.807, 2.05) is 6.92 Å². The van der Waals surface area contributed by atoms with Crippen molar-refractivity contribution in [1.29, 1.82) is 0 Å². The van der Waals surface area contributed by atoms with Gasteiger partial charge >= 0.3 is 5.97 Å². The van der Waals surface area contributed by atoms with Gasteiger partial charge in [-0.25, -0.2) is 0 Å². The van der Waals surface area contributed by atoms with Crippen LogP contribution in [0, 0.1) is 5.41 Å². The van der Waals surface area contributed by atoms with Gasteiger partial charge in [-0.2, -0.15) is 0 Å². The standard InChI is InChI=1S/C20H29NO4/c1-3-24-19(22)20(9-12-23-2)8-4-10-21(15-20)14-16-5-6-18-17(13-16)7-11-25-18/h5-6,13H,3-4,7-12,14-15H2,1-2H3/t20-/m1/s1. The van der Waals surface area contributed by atoms with Crippen molar-refractivity contribution in [3.63, 3.8) is 0 Å². The number of carbonyl (C=O) groups excluding carboxylic acids is 1. The van der Waals surface area contributed by atoms with Crippen molar-refractivity contribution in [2.75, 3.05) is 40.0 Å². The Morgan fingerprint density at radius 2 is 2.28 bits per heavy atom. The molecule has 1 saturated heterocycles. The molecule has 25 heavy (non-hydrogen) atoms. The zero-order valence-electron chi connectivity index (χ0n) is 15.4. The van der Waals surface area contributed by atoms with E-state index in [-0.39, 0.29) is 5.97 Å². The Morgan fingerprint density at radius 1 is 1.40 bits per heavy atom. The molecule has 138 valence electrons. The van der Waals surface area contributed by atoms with Gasteiger partial charge in [0.25, 0.3) is 0 Å². The van der Waals surface area contributed by atoms with E-state index in [1.165, 1.54) is 11.1 Å². The summed E-state index contributed by atoms with van der Waals surface area (Å²) in [5, 5.41) is 0. The zero-order chi connectivity index (χ0) is 17.7. The Balaban J connectivity index is 1.70. The SMILES string of the molecule is CCOC(=O)[C@@]1(CCOC)CCCN(Cc2ccc3c(c2)CCO3)C1. The van der Waals surface area contributed by atoms with Crippen molar-refractivity contribution in [3.05, 3.63) is 29.3 Å². The molecule has 2 aliphatic heterocycles. The molecule has 3 rings (SSSR count). The summed E-state index contributed by atoms with van der Waals surface area (Å²) in [6.07, 6.45) is 3.60. The number of nitrogens with zero attached hydrogens (tertiary/aromatic N) is 1. The van der Waals surface area contributed by atoms with Gasteiger partial charge in [0.15, 0.2) is 0 Å². The fourth-order valence-electron chi connectivity index (χ4n) is 4.01. The predicted molar refractivity (Wildman–Crippen MR) is 95.7 cm³/mol. The van der Waals surface area contributed by atoms with Crippen LogP contribution in [0.1, 0.15) is 37.3 Å². The molecule has 0 radical (unpaired) electrons. The lowest BCUT2D eigenvalue weighted by Gasteiger charge is -2.41. The molecular weight excluding hydrogens is 318 g/mol. The summed E-state index contributed by atoms with van der Waals surface area (Å²) in [7, 11) is 1.69. The number of hydrogen-bond acceptors (Lipinski definition) is 5. The number of hydrogen-bond donors (Lipinski definition) is 0. The Morgan fingerprint density at radius 3 is 3.08 bits per heavy atom. The van der Waals surface area contributed by atoms with Gasteiger partial charge in [-0.3, -0.25) is 9.69 Å². The minimum Gasteiger partial charge on any atom is -0.493 e. The van der Waals surface area contributed by atoms with Gasteiger partial charge < -0.3 is 14.2 Å². The molecular formula is C20H29NO4. The van der Waals surface area contributed by atoms with E-state index in [1.54, 1.807) is 7.11 Å². The molecule has 5 nitrogen and oxygen atoms in total. The minimum atomic E-state index is -0.440. The monoisotopic (exact) mass is 347 g/mol. The Labute approximate surface area is 150 Å². The van der Waals surface area contributed by atoms with Crippen LogP contribution in [-0.2, 0) is 27.2 Å². The maximum atomic E-state index is 12.7. The van der Waals surface area contributed by atoms with E-state index in [4.69, 9.17) is 14.2 Å². The zero-order valence-corrected chi connectivity index (χ0v) is 15.4. The molecule has 1 aromatic rings. The molecule has 0 aromatic heterocycles. The molecule has 0 amide bonds. The average Bonchev–Trinajstić information content (AvgIpc) is 3.08. The first-order valence-corrected chi connectivity index (χ1v) is 9.30. The largest absolute Gasteiger partial charge is 0.493 e. The first-order chi connectivity index (χ1) is 12.2. The van der Waals surface area contributed by atoms with Crippen LogP contribution < -0.4 is 4.74 Å². The minimum absolute atomic E-state index is 0.0703. The second-order valence-corrected chi connectivity index (χ2v) is 7.10. The van der Waals surface area contributed by atoms with Gasteiger partial charge in [0.2, 0.25) is 0 Å². The number of fused-ring (bicyclic) bond motifs is 1. The van der Waals surface area contributed by atoms with E-state index >= 15 is 0 Å². The highest BCUT2D eigenvalue weighted by Gasteiger charge is 2.43. The van der Waals surface area contributed by atoms with Crippen LogP contribution in [0.15, 0.2) is 18.2 Å². The van der Waals surface area contributed by atoms with Crippen LogP contribution in [-0.4, -0.2) is 50.9 Å². The number of methoxy groups -OCH3 is 1. The molecule has 1 aromatic carbocycles. The number of benzene rings is 1. The smallest absolute Gasteiger partial charge is 0.313 e. The van der Waals surface area contributed by atoms with E-state index in [9.17, 15) is 4.79 Å². The molecule has 5 heteroatoms. The van der Waals surface area contributed by atoms with Crippen molar-refractivity contribution in [2.24, 2.45) is 5.41 Å². The number of ether oxygens (including phenoxy) is 3. The summed E-state index contributed by atoms with van der Waals surface area (Å²) < 4.78 is 16.3.